The van der Waals surface area contributed by atoms with Crippen molar-refractivity contribution in [2.24, 2.45) is 17.8 Å². The van der Waals surface area contributed by atoms with E-state index in [4.69, 9.17) is 11.6 Å². The highest BCUT2D eigenvalue weighted by molar-refractivity contribution is 6.18. The van der Waals surface area contributed by atoms with Gasteiger partial charge in [0.15, 0.2) is 0 Å². The molecule has 0 aromatic rings. The largest absolute Gasteiger partial charge is 0.356 e. The van der Waals surface area contributed by atoms with Crippen LogP contribution < -0.4 is 5.32 Å². The number of amides is 1. The van der Waals surface area contributed by atoms with Gasteiger partial charge in [0, 0.05) is 18.3 Å². The van der Waals surface area contributed by atoms with Crippen molar-refractivity contribution in [2.75, 3.05) is 12.4 Å². The van der Waals surface area contributed by atoms with Gasteiger partial charge in [-0.25, -0.2) is 0 Å². The second-order valence-corrected chi connectivity index (χ2v) is 5.03. The third kappa shape index (κ3) is 6.77. The van der Waals surface area contributed by atoms with Crippen molar-refractivity contribution < 1.29 is 4.79 Å². The van der Waals surface area contributed by atoms with Crippen LogP contribution in [0.15, 0.2) is 0 Å². The van der Waals surface area contributed by atoms with Crippen LogP contribution in [0.25, 0.3) is 0 Å². The quantitative estimate of drug-likeness (QED) is 0.532. The molecule has 0 aliphatic heterocycles. The standard InChI is InChI=1S/C12H24ClNO/c1-9(2)11(4)12(15)14-7-5-6-10(3)8-13/h9-11H,5-8H2,1-4H3,(H,14,15). The summed E-state index contributed by atoms with van der Waals surface area (Å²) in [7, 11) is 0. The minimum Gasteiger partial charge on any atom is -0.356 e. The van der Waals surface area contributed by atoms with Gasteiger partial charge < -0.3 is 5.32 Å². The van der Waals surface area contributed by atoms with Crippen LogP contribution in [0.5, 0.6) is 0 Å². The number of nitrogens with one attached hydrogen (secondary N) is 1. The van der Waals surface area contributed by atoms with Gasteiger partial charge in [-0.05, 0) is 24.7 Å². The number of halogens is 1. The molecule has 90 valence electrons. The molecule has 3 heteroatoms. The maximum atomic E-state index is 11.6. The Morgan fingerprint density at radius 1 is 1.27 bits per heavy atom. The first-order valence-corrected chi connectivity index (χ1v) is 6.36. The Morgan fingerprint density at radius 3 is 2.33 bits per heavy atom. The van der Waals surface area contributed by atoms with Crippen LogP contribution in [0, 0.1) is 17.8 Å². The van der Waals surface area contributed by atoms with Crippen LogP contribution in [0.3, 0.4) is 0 Å². The molecule has 0 saturated heterocycles. The van der Waals surface area contributed by atoms with E-state index in [1.54, 1.807) is 0 Å². The van der Waals surface area contributed by atoms with E-state index in [0.717, 1.165) is 19.4 Å². The molecule has 1 amide bonds. The highest BCUT2D eigenvalue weighted by atomic mass is 35.5. The van der Waals surface area contributed by atoms with Gasteiger partial charge in [-0.3, -0.25) is 4.79 Å². The fourth-order valence-corrected chi connectivity index (χ4v) is 1.36. The molecule has 1 N–H and O–H groups in total. The molecule has 0 radical (unpaired) electrons. The van der Waals surface area contributed by atoms with E-state index < -0.39 is 0 Å². The monoisotopic (exact) mass is 233 g/mol. The minimum atomic E-state index is 0.107. The summed E-state index contributed by atoms with van der Waals surface area (Å²) in [4.78, 5) is 11.6. The lowest BCUT2D eigenvalue weighted by Gasteiger charge is -2.15. The van der Waals surface area contributed by atoms with Crippen molar-refractivity contribution in [1.29, 1.82) is 0 Å². The Labute approximate surface area is 98.8 Å². The number of carbonyl (C=O) groups excluding carboxylic acids is 1. The summed E-state index contributed by atoms with van der Waals surface area (Å²) in [6, 6.07) is 0. The van der Waals surface area contributed by atoms with Crippen molar-refractivity contribution >= 4 is 17.5 Å². The predicted octanol–water partition coefficient (Wildman–Crippen LogP) is 3.05. The van der Waals surface area contributed by atoms with Crippen LogP contribution in [0.1, 0.15) is 40.5 Å². The molecule has 0 rings (SSSR count). The fourth-order valence-electron chi connectivity index (χ4n) is 1.20. The summed E-state index contributed by atoms with van der Waals surface area (Å²) < 4.78 is 0. The Kier molecular flexibility index (Phi) is 7.85. The SMILES string of the molecule is CC(CCl)CCCNC(=O)C(C)C(C)C. The molecule has 0 aromatic carbocycles. The fraction of sp³-hybridized carbons (Fsp3) is 0.917. The first kappa shape index (κ1) is 14.8. The molecule has 0 aliphatic rings. The van der Waals surface area contributed by atoms with Crippen molar-refractivity contribution in [2.45, 2.75) is 40.5 Å². The molecule has 0 spiro atoms. The molecule has 0 aliphatic carbocycles. The van der Waals surface area contributed by atoms with Gasteiger partial charge in [-0.1, -0.05) is 27.7 Å². The van der Waals surface area contributed by atoms with Gasteiger partial charge in [0.05, 0.1) is 0 Å². The van der Waals surface area contributed by atoms with Crippen LogP contribution in [0.4, 0.5) is 0 Å². The third-order valence-corrected chi connectivity index (χ3v) is 3.38. The lowest BCUT2D eigenvalue weighted by Crippen LogP contribution is -2.32. The Morgan fingerprint density at radius 2 is 1.87 bits per heavy atom. The highest BCUT2D eigenvalue weighted by Crippen LogP contribution is 2.10. The zero-order valence-corrected chi connectivity index (χ0v) is 11.1. The van der Waals surface area contributed by atoms with Gasteiger partial charge >= 0.3 is 0 Å². The summed E-state index contributed by atoms with van der Waals surface area (Å²) >= 11 is 5.70. The topological polar surface area (TPSA) is 29.1 Å². The zero-order valence-electron chi connectivity index (χ0n) is 10.3. The summed E-state index contributed by atoms with van der Waals surface area (Å²) in [5.74, 6) is 1.94. The van der Waals surface area contributed by atoms with E-state index in [0.29, 0.717) is 17.7 Å². The first-order chi connectivity index (χ1) is 6.99. The van der Waals surface area contributed by atoms with E-state index in [2.05, 4.69) is 26.1 Å². The molecule has 0 heterocycles. The number of alkyl halides is 1. The predicted molar refractivity (Wildman–Crippen MR) is 66.1 cm³/mol. The normalized spacial score (nSPS) is 15.1. The number of carbonyl (C=O) groups is 1. The van der Waals surface area contributed by atoms with Gasteiger partial charge in [0.1, 0.15) is 0 Å². The molecule has 2 nitrogen and oxygen atoms in total. The maximum Gasteiger partial charge on any atom is 0.223 e. The van der Waals surface area contributed by atoms with Gasteiger partial charge in [-0.15, -0.1) is 11.6 Å². The lowest BCUT2D eigenvalue weighted by molar-refractivity contribution is -0.125. The van der Waals surface area contributed by atoms with Crippen molar-refractivity contribution in [3.63, 3.8) is 0 Å². The molecule has 2 unspecified atom stereocenters. The van der Waals surface area contributed by atoms with Crippen molar-refractivity contribution in [3.8, 4) is 0 Å². The summed E-state index contributed by atoms with van der Waals surface area (Å²) in [6.45, 7) is 9.02. The lowest BCUT2D eigenvalue weighted by atomic mass is 9.97. The van der Waals surface area contributed by atoms with Crippen LogP contribution in [0.2, 0.25) is 0 Å². The maximum absolute atomic E-state index is 11.6. The number of hydrogen-bond acceptors (Lipinski definition) is 1. The smallest absolute Gasteiger partial charge is 0.223 e. The molecule has 0 saturated carbocycles. The average molecular weight is 234 g/mol. The van der Waals surface area contributed by atoms with E-state index in [1.807, 2.05) is 6.92 Å². The summed E-state index contributed by atoms with van der Waals surface area (Å²) in [6.07, 6.45) is 2.10. The van der Waals surface area contributed by atoms with E-state index >= 15 is 0 Å². The van der Waals surface area contributed by atoms with E-state index in [1.165, 1.54) is 0 Å². The van der Waals surface area contributed by atoms with Crippen LogP contribution >= 0.6 is 11.6 Å². The van der Waals surface area contributed by atoms with Gasteiger partial charge in [0.25, 0.3) is 0 Å². The molecule has 15 heavy (non-hydrogen) atoms. The average Bonchev–Trinajstić information content (AvgIpc) is 2.22. The molecule has 2 atom stereocenters. The van der Waals surface area contributed by atoms with Crippen molar-refractivity contribution in [1.82, 2.24) is 5.32 Å². The van der Waals surface area contributed by atoms with Gasteiger partial charge in [-0.2, -0.15) is 0 Å². The second-order valence-electron chi connectivity index (χ2n) is 4.73. The van der Waals surface area contributed by atoms with Crippen molar-refractivity contribution in [3.05, 3.63) is 0 Å². The summed E-state index contributed by atoms with van der Waals surface area (Å²) in [5.41, 5.74) is 0. The van der Waals surface area contributed by atoms with Crippen LogP contribution in [-0.4, -0.2) is 18.3 Å². The molecule has 0 bridgehead atoms. The van der Waals surface area contributed by atoms with E-state index in [-0.39, 0.29) is 11.8 Å². The molecule has 0 fully saturated rings. The van der Waals surface area contributed by atoms with E-state index in [9.17, 15) is 4.79 Å². The molecular weight excluding hydrogens is 210 g/mol. The van der Waals surface area contributed by atoms with Gasteiger partial charge in [0.2, 0.25) is 5.91 Å². The summed E-state index contributed by atoms with van der Waals surface area (Å²) in [5, 5.41) is 2.96. The Bertz CT molecular complexity index is 182. The first-order valence-electron chi connectivity index (χ1n) is 5.82. The molecule has 0 aromatic heterocycles. The number of hydrogen-bond donors (Lipinski definition) is 1. The second kappa shape index (κ2) is 7.98. The molecular formula is C12H24ClNO. The Hall–Kier alpha value is -0.240. The zero-order chi connectivity index (χ0) is 11.8. The highest BCUT2D eigenvalue weighted by Gasteiger charge is 2.15. The van der Waals surface area contributed by atoms with Crippen LogP contribution in [-0.2, 0) is 4.79 Å². The Balaban J connectivity index is 3.55. The third-order valence-electron chi connectivity index (χ3n) is 2.85. The number of rotatable bonds is 7. The minimum absolute atomic E-state index is 0.107.